The van der Waals surface area contributed by atoms with Crippen LogP contribution in [0.15, 0.2) is 12.1 Å². The van der Waals surface area contributed by atoms with Crippen molar-refractivity contribution in [1.29, 1.82) is 0 Å². The van der Waals surface area contributed by atoms with Gasteiger partial charge in [-0.3, -0.25) is 0 Å². The van der Waals surface area contributed by atoms with Crippen molar-refractivity contribution in [3.63, 3.8) is 0 Å². The Hall–Kier alpha value is -1.23. The highest BCUT2D eigenvalue weighted by Gasteiger charge is 2.51. The van der Waals surface area contributed by atoms with Crippen LogP contribution in [0.4, 0.5) is 13.2 Å². The van der Waals surface area contributed by atoms with Crippen molar-refractivity contribution >= 4 is 0 Å². The van der Waals surface area contributed by atoms with Gasteiger partial charge in [-0.15, -0.1) is 13.2 Å². The third kappa shape index (κ3) is 2.83. The lowest BCUT2D eigenvalue weighted by Gasteiger charge is -2.35. The van der Waals surface area contributed by atoms with E-state index in [0.29, 0.717) is 6.54 Å². The molecule has 1 fully saturated rings. The van der Waals surface area contributed by atoms with E-state index in [1.54, 1.807) is 6.07 Å². The third-order valence-electron chi connectivity index (χ3n) is 4.67. The number of likely N-dealkylation sites (N-methyl/N-ethyl adjacent to an activating group) is 1. The molecule has 122 valence electrons. The summed E-state index contributed by atoms with van der Waals surface area (Å²) in [5.41, 5.74) is 2.30. The summed E-state index contributed by atoms with van der Waals surface area (Å²) in [6, 6.07) is 3.66. The predicted molar refractivity (Wildman–Crippen MR) is 79.1 cm³/mol. The topological polar surface area (TPSA) is 12.5 Å². The van der Waals surface area contributed by atoms with E-state index in [0.717, 1.165) is 36.1 Å². The molecule has 2 nitrogen and oxygen atoms in total. The van der Waals surface area contributed by atoms with Crippen molar-refractivity contribution in [3.05, 3.63) is 28.8 Å². The fourth-order valence-electron chi connectivity index (χ4n) is 3.54. The molecule has 3 rings (SSSR count). The second-order valence-electron chi connectivity index (χ2n) is 7.76. The van der Waals surface area contributed by atoms with Crippen molar-refractivity contribution in [3.8, 4) is 5.75 Å². The van der Waals surface area contributed by atoms with Gasteiger partial charge in [0.25, 0.3) is 0 Å². The molecular weight excluding hydrogens is 291 g/mol. The zero-order chi connectivity index (χ0) is 16.3. The second kappa shape index (κ2) is 4.63. The summed E-state index contributed by atoms with van der Waals surface area (Å²) in [5.74, 6) is 0.0144. The van der Waals surface area contributed by atoms with Crippen LogP contribution in [0.25, 0.3) is 0 Å². The molecule has 0 radical (unpaired) electrons. The molecule has 1 spiro atoms. The first-order valence-corrected chi connectivity index (χ1v) is 7.62. The summed E-state index contributed by atoms with van der Waals surface area (Å²) < 4.78 is 43.0. The van der Waals surface area contributed by atoms with Crippen LogP contribution in [-0.2, 0) is 17.4 Å². The zero-order valence-corrected chi connectivity index (χ0v) is 13.5. The van der Waals surface area contributed by atoms with E-state index < -0.39 is 6.36 Å². The second-order valence-corrected chi connectivity index (χ2v) is 7.76. The largest absolute Gasteiger partial charge is 0.573 e. The maximum atomic E-state index is 12.9. The lowest BCUT2D eigenvalue weighted by molar-refractivity contribution is -0.275. The zero-order valence-electron chi connectivity index (χ0n) is 13.5. The van der Waals surface area contributed by atoms with Gasteiger partial charge in [-0.25, -0.2) is 0 Å². The number of benzene rings is 1. The average Bonchev–Trinajstić information content (AvgIpc) is 3.04. The van der Waals surface area contributed by atoms with Crippen molar-refractivity contribution < 1.29 is 17.9 Å². The lowest BCUT2D eigenvalue weighted by atomic mass is 9.80. The van der Waals surface area contributed by atoms with Gasteiger partial charge in [0.15, 0.2) is 0 Å². The normalized spacial score (nSPS) is 20.9. The molecule has 1 aliphatic carbocycles. The Labute approximate surface area is 129 Å². The first kappa shape index (κ1) is 15.7. The molecule has 5 heteroatoms. The first-order chi connectivity index (χ1) is 10.0. The molecule has 0 amide bonds. The summed E-state index contributed by atoms with van der Waals surface area (Å²) >= 11 is 0. The van der Waals surface area contributed by atoms with Gasteiger partial charge < -0.3 is 9.64 Å². The predicted octanol–water partition coefficient (Wildman–Crippen LogP) is 4.36. The molecule has 2 aliphatic rings. The van der Waals surface area contributed by atoms with Crippen LogP contribution < -0.4 is 4.74 Å². The van der Waals surface area contributed by atoms with E-state index in [-0.39, 0.29) is 16.6 Å². The molecule has 1 aromatic carbocycles. The highest BCUT2D eigenvalue weighted by molar-refractivity contribution is 5.54. The SMILES string of the molecule is CN1Cc2cc(C(C)(C)C)cc(OC(F)(F)F)c2C2(CC2)C1. The van der Waals surface area contributed by atoms with Gasteiger partial charge in [-0.05, 0) is 42.5 Å². The van der Waals surface area contributed by atoms with Gasteiger partial charge in [0.1, 0.15) is 5.75 Å². The van der Waals surface area contributed by atoms with Crippen LogP contribution in [0.5, 0.6) is 5.75 Å². The standard InChI is InChI=1S/C17H22F3NO/c1-15(2,3)12-7-11-9-21(4)10-16(5-6-16)14(11)13(8-12)22-17(18,19)20/h7-8H,5-6,9-10H2,1-4H3. The van der Waals surface area contributed by atoms with Gasteiger partial charge in [-0.2, -0.15) is 0 Å². The molecule has 0 saturated heterocycles. The van der Waals surface area contributed by atoms with Gasteiger partial charge in [0.05, 0.1) is 0 Å². The van der Waals surface area contributed by atoms with Crippen LogP contribution in [0, 0.1) is 0 Å². The fourth-order valence-corrected chi connectivity index (χ4v) is 3.54. The van der Waals surface area contributed by atoms with Crippen molar-refractivity contribution in [2.75, 3.05) is 13.6 Å². The Morgan fingerprint density at radius 2 is 1.77 bits per heavy atom. The molecule has 22 heavy (non-hydrogen) atoms. The Kier molecular flexibility index (Phi) is 3.30. The lowest BCUT2D eigenvalue weighted by Crippen LogP contribution is -2.36. The monoisotopic (exact) mass is 313 g/mol. The summed E-state index contributed by atoms with van der Waals surface area (Å²) in [6.45, 7) is 7.50. The smallest absolute Gasteiger partial charge is 0.405 e. The van der Waals surface area contributed by atoms with Crippen LogP contribution in [0.1, 0.15) is 50.3 Å². The van der Waals surface area contributed by atoms with E-state index in [2.05, 4.69) is 15.7 Å². The number of ether oxygens (including phenoxy) is 1. The van der Waals surface area contributed by atoms with E-state index in [9.17, 15) is 13.2 Å². The highest BCUT2D eigenvalue weighted by atomic mass is 19.4. The summed E-state index contributed by atoms with van der Waals surface area (Å²) in [4.78, 5) is 2.19. The van der Waals surface area contributed by atoms with E-state index >= 15 is 0 Å². The average molecular weight is 313 g/mol. The Morgan fingerprint density at radius 1 is 1.14 bits per heavy atom. The van der Waals surface area contributed by atoms with Crippen LogP contribution >= 0.6 is 0 Å². The number of rotatable bonds is 1. The van der Waals surface area contributed by atoms with E-state index in [1.807, 2.05) is 27.8 Å². The van der Waals surface area contributed by atoms with Crippen LogP contribution in [0.2, 0.25) is 0 Å². The van der Waals surface area contributed by atoms with Crippen LogP contribution in [0.3, 0.4) is 0 Å². The molecule has 1 saturated carbocycles. The number of hydrogen-bond donors (Lipinski definition) is 0. The summed E-state index contributed by atoms with van der Waals surface area (Å²) in [6.07, 6.45) is -2.77. The van der Waals surface area contributed by atoms with Gasteiger partial charge in [0.2, 0.25) is 0 Å². The van der Waals surface area contributed by atoms with Crippen LogP contribution in [-0.4, -0.2) is 24.9 Å². The Balaban J connectivity index is 2.16. The molecule has 1 aliphatic heterocycles. The summed E-state index contributed by atoms with van der Waals surface area (Å²) in [7, 11) is 2.02. The fraction of sp³-hybridized carbons (Fsp3) is 0.647. The molecule has 0 atom stereocenters. The molecule has 0 N–H and O–H groups in total. The van der Waals surface area contributed by atoms with E-state index in [1.165, 1.54) is 0 Å². The van der Waals surface area contributed by atoms with Crippen molar-refractivity contribution in [1.82, 2.24) is 4.90 Å². The van der Waals surface area contributed by atoms with Gasteiger partial charge >= 0.3 is 6.36 Å². The number of nitrogens with zero attached hydrogens (tertiary/aromatic N) is 1. The van der Waals surface area contributed by atoms with Gasteiger partial charge in [0, 0.05) is 24.1 Å². The minimum absolute atomic E-state index is 0.0144. The molecule has 0 bridgehead atoms. The number of halogens is 3. The van der Waals surface area contributed by atoms with Crippen molar-refractivity contribution in [2.45, 2.75) is 57.3 Å². The Bertz CT molecular complexity index is 597. The van der Waals surface area contributed by atoms with Crippen molar-refractivity contribution in [2.24, 2.45) is 0 Å². The molecule has 1 aromatic rings. The third-order valence-corrected chi connectivity index (χ3v) is 4.67. The molecule has 0 unspecified atom stereocenters. The summed E-state index contributed by atoms with van der Waals surface area (Å²) in [5, 5.41) is 0. The van der Waals surface area contributed by atoms with E-state index in [4.69, 9.17) is 0 Å². The minimum Gasteiger partial charge on any atom is -0.405 e. The molecule has 1 heterocycles. The number of fused-ring (bicyclic) bond motifs is 2. The number of hydrogen-bond acceptors (Lipinski definition) is 2. The maximum absolute atomic E-state index is 12.9. The maximum Gasteiger partial charge on any atom is 0.573 e. The first-order valence-electron chi connectivity index (χ1n) is 7.62. The molecule has 0 aromatic heterocycles. The number of alkyl halides is 3. The molecular formula is C17H22F3NO. The van der Waals surface area contributed by atoms with Gasteiger partial charge in [-0.1, -0.05) is 26.8 Å². The minimum atomic E-state index is -4.65. The highest BCUT2D eigenvalue weighted by Crippen LogP contribution is 2.56. The quantitative estimate of drug-likeness (QED) is 0.764. The Morgan fingerprint density at radius 3 is 2.27 bits per heavy atom.